The summed E-state index contributed by atoms with van der Waals surface area (Å²) in [6.45, 7) is 4.02. The summed E-state index contributed by atoms with van der Waals surface area (Å²) >= 11 is 0. The Bertz CT molecular complexity index is 228. The molecule has 88 valence electrons. The van der Waals surface area contributed by atoms with E-state index in [1.165, 1.54) is 6.92 Å². The molecule has 0 saturated carbocycles. The number of amides is 1. The zero-order chi connectivity index (χ0) is 11.9. The van der Waals surface area contributed by atoms with Crippen LogP contribution in [0.1, 0.15) is 20.3 Å². The Balaban J connectivity index is 3.82. The lowest BCUT2D eigenvalue weighted by Gasteiger charge is -2.21. The van der Waals surface area contributed by atoms with Crippen LogP contribution >= 0.6 is 0 Å². The molecule has 6 nitrogen and oxygen atoms in total. The SMILES string of the molecule is CCNCC(=O)NCC(C)(O)CC(=O)O. The van der Waals surface area contributed by atoms with Crippen LogP contribution in [0.4, 0.5) is 0 Å². The van der Waals surface area contributed by atoms with Gasteiger partial charge in [0.1, 0.15) is 0 Å². The first-order chi connectivity index (χ1) is 6.87. The zero-order valence-corrected chi connectivity index (χ0v) is 9.04. The number of hydrogen-bond acceptors (Lipinski definition) is 4. The minimum Gasteiger partial charge on any atom is -0.481 e. The summed E-state index contributed by atoms with van der Waals surface area (Å²) in [4.78, 5) is 21.4. The Hall–Kier alpha value is -1.14. The average molecular weight is 218 g/mol. The second-order valence-corrected chi connectivity index (χ2v) is 3.62. The predicted molar refractivity (Wildman–Crippen MR) is 54.4 cm³/mol. The number of carboxylic acid groups (broad SMARTS) is 1. The van der Waals surface area contributed by atoms with Crippen LogP contribution in [0.3, 0.4) is 0 Å². The van der Waals surface area contributed by atoms with E-state index < -0.39 is 18.0 Å². The number of carboxylic acids is 1. The number of nitrogens with one attached hydrogen (secondary N) is 2. The first kappa shape index (κ1) is 13.9. The van der Waals surface area contributed by atoms with Crippen molar-refractivity contribution in [1.29, 1.82) is 0 Å². The Morgan fingerprint density at radius 2 is 2.00 bits per heavy atom. The molecule has 0 aromatic rings. The summed E-state index contributed by atoms with van der Waals surface area (Å²) in [5, 5.41) is 23.3. The fourth-order valence-corrected chi connectivity index (χ4v) is 0.978. The lowest BCUT2D eigenvalue weighted by Crippen LogP contribution is -2.44. The Morgan fingerprint density at radius 1 is 1.40 bits per heavy atom. The van der Waals surface area contributed by atoms with E-state index in [-0.39, 0.29) is 19.0 Å². The van der Waals surface area contributed by atoms with E-state index in [1.54, 1.807) is 0 Å². The van der Waals surface area contributed by atoms with Gasteiger partial charge in [0.25, 0.3) is 0 Å². The van der Waals surface area contributed by atoms with Crippen LogP contribution in [0.2, 0.25) is 0 Å². The van der Waals surface area contributed by atoms with Crippen molar-refractivity contribution in [3.05, 3.63) is 0 Å². The molecule has 0 fully saturated rings. The molecule has 0 rings (SSSR count). The number of rotatable bonds is 7. The fourth-order valence-electron chi connectivity index (χ4n) is 0.978. The van der Waals surface area contributed by atoms with Gasteiger partial charge in [-0.1, -0.05) is 6.92 Å². The van der Waals surface area contributed by atoms with Gasteiger partial charge in [-0.25, -0.2) is 0 Å². The van der Waals surface area contributed by atoms with Crippen molar-refractivity contribution in [1.82, 2.24) is 10.6 Å². The van der Waals surface area contributed by atoms with Gasteiger partial charge in [-0.2, -0.15) is 0 Å². The summed E-state index contributed by atoms with van der Waals surface area (Å²) in [5.41, 5.74) is -1.41. The van der Waals surface area contributed by atoms with Gasteiger partial charge in [-0.3, -0.25) is 9.59 Å². The van der Waals surface area contributed by atoms with E-state index in [2.05, 4.69) is 10.6 Å². The molecule has 0 radical (unpaired) electrons. The minimum atomic E-state index is -1.41. The van der Waals surface area contributed by atoms with Crippen LogP contribution in [-0.2, 0) is 9.59 Å². The van der Waals surface area contributed by atoms with Crippen molar-refractivity contribution < 1.29 is 19.8 Å². The van der Waals surface area contributed by atoms with E-state index in [0.29, 0.717) is 6.54 Å². The molecule has 0 aromatic heterocycles. The fraction of sp³-hybridized carbons (Fsp3) is 0.778. The summed E-state index contributed by atoms with van der Waals surface area (Å²) < 4.78 is 0. The van der Waals surface area contributed by atoms with Crippen LogP contribution in [0.25, 0.3) is 0 Å². The highest BCUT2D eigenvalue weighted by atomic mass is 16.4. The molecule has 0 aliphatic rings. The predicted octanol–water partition coefficient (Wildman–Crippen LogP) is -1.06. The summed E-state index contributed by atoms with van der Waals surface area (Å²) in [6.07, 6.45) is -0.394. The van der Waals surface area contributed by atoms with Gasteiger partial charge in [0.2, 0.25) is 5.91 Å². The lowest BCUT2D eigenvalue weighted by atomic mass is 10.0. The molecule has 0 spiro atoms. The Morgan fingerprint density at radius 3 is 2.47 bits per heavy atom. The molecule has 6 heteroatoms. The average Bonchev–Trinajstić information content (AvgIpc) is 2.09. The van der Waals surface area contributed by atoms with Crippen molar-refractivity contribution in [2.75, 3.05) is 19.6 Å². The molecule has 4 N–H and O–H groups in total. The number of carbonyl (C=O) groups is 2. The van der Waals surface area contributed by atoms with Crippen molar-refractivity contribution in [3.8, 4) is 0 Å². The molecule has 1 unspecified atom stereocenters. The van der Waals surface area contributed by atoms with Crippen LogP contribution in [0.15, 0.2) is 0 Å². The van der Waals surface area contributed by atoms with Gasteiger partial charge in [0.15, 0.2) is 0 Å². The maximum absolute atomic E-state index is 11.1. The molecule has 0 bridgehead atoms. The molecule has 0 aliphatic carbocycles. The van der Waals surface area contributed by atoms with Crippen molar-refractivity contribution in [2.24, 2.45) is 0 Å². The number of likely N-dealkylation sites (N-methyl/N-ethyl adjacent to an activating group) is 1. The second kappa shape index (κ2) is 6.36. The number of aliphatic hydroxyl groups is 1. The highest BCUT2D eigenvalue weighted by Crippen LogP contribution is 2.06. The van der Waals surface area contributed by atoms with E-state index in [1.807, 2.05) is 6.92 Å². The van der Waals surface area contributed by atoms with Crippen LogP contribution in [0, 0.1) is 0 Å². The topological polar surface area (TPSA) is 98.7 Å². The maximum Gasteiger partial charge on any atom is 0.306 e. The molecule has 0 saturated heterocycles. The highest BCUT2D eigenvalue weighted by molar-refractivity contribution is 5.78. The standard InChI is InChI=1S/C9H18N2O4/c1-3-10-5-7(12)11-6-9(2,15)4-8(13)14/h10,15H,3-6H2,1-2H3,(H,11,12)(H,13,14). The van der Waals surface area contributed by atoms with Crippen LogP contribution in [0.5, 0.6) is 0 Å². The molecular weight excluding hydrogens is 200 g/mol. The van der Waals surface area contributed by atoms with Crippen molar-refractivity contribution in [3.63, 3.8) is 0 Å². The number of aliphatic carboxylic acids is 1. The van der Waals surface area contributed by atoms with Gasteiger partial charge < -0.3 is 20.8 Å². The van der Waals surface area contributed by atoms with E-state index in [4.69, 9.17) is 5.11 Å². The largest absolute Gasteiger partial charge is 0.481 e. The smallest absolute Gasteiger partial charge is 0.306 e. The third-order valence-corrected chi connectivity index (χ3v) is 1.73. The molecule has 1 atom stereocenters. The first-order valence-corrected chi connectivity index (χ1v) is 4.79. The Kier molecular flexibility index (Phi) is 5.88. The molecule has 0 aliphatic heterocycles. The van der Waals surface area contributed by atoms with Gasteiger partial charge in [-0.05, 0) is 13.5 Å². The van der Waals surface area contributed by atoms with Crippen molar-refractivity contribution >= 4 is 11.9 Å². The highest BCUT2D eigenvalue weighted by Gasteiger charge is 2.24. The van der Waals surface area contributed by atoms with Gasteiger partial charge in [0, 0.05) is 6.54 Å². The second-order valence-electron chi connectivity index (χ2n) is 3.62. The van der Waals surface area contributed by atoms with Crippen LogP contribution < -0.4 is 10.6 Å². The Labute approximate surface area is 88.7 Å². The summed E-state index contributed by atoms with van der Waals surface area (Å²) in [7, 11) is 0. The van der Waals surface area contributed by atoms with E-state index >= 15 is 0 Å². The van der Waals surface area contributed by atoms with Gasteiger partial charge in [0.05, 0.1) is 18.6 Å². The lowest BCUT2D eigenvalue weighted by molar-refractivity contribution is -0.142. The van der Waals surface area contributed by atoms with E-state index in [9.17, 15) is 14.7 Å². The normalized spacial score (nSPS) is 14.3. The summed E-state index contributed by atoms with van der Waals surface area (Å²) in [6, 6.07) is 0. The quantitative estimate of drug-likeness (QED) is 0.436. The monoisotopic (exact) mass is 218 g/mol. The number of hydrogen-bond donors (Lipinski definition) is 4. The van der Waals surface area contributed by atoms with Crippen molar-refractivity contribution in [2.45, 2.75) is 25.9 Å². The minimum absolute atomic E-state index is 0.0659. The van der Waals surface area contributed by atoms with Gasteiger partial charge in [-0.15, -0.1) is 0 Å². The summed E-state index contributed by atoms with van der Waals surface area (Å²) in [5.74, 6) is -1.36. The van der Waals surface area contributed by atoms with E-state index in [0.717, 1.165) is 0 Å². The molecule has 15 heavy (non-hydrogen) atoms. The van der Waals surface area contributed by atoms with Gasteiger partial charge >= 0.3 is 5.97 Å². The first-order valence-electron chi connectivity index (χ1n) is 4.79. The maximum atomic E-state index is 11.1. The third-order valence-electron chi connectivity index (χ3n) is 1.73. The zero-order valence-electron chi connectivity index (χ0n) is 9.04. The molecular formula is C9H18N2O4. The number of carbonyl (C=O) groups excluding carboxylic acids is 1. The molecule has 0 aromatic carbocycles. The third kappa shape index (κ3) is 7.90. The van der Waals surface area contributed by atoms with Crippen LogP contribution in [-0.4, -0.2) is 47.3 Å². The molecule has 1 amide bonds. The molecule has 0 heterocycles.